The van der Waals surface area contributed by atoms with Crippen molar-refractivity contribution in [3.05, 3.63) is 65.7 Å². The van der Waals surface area contributed by atoms with E-state index in [0.29, 0.717) is 11.5 Å². The summed E-state index contributed by atoms with van der Waals surface area (Å²) in [4.78, 5) is 27.8. The molecule has 0 unspecified atom stereocenters. The molecule has 1 aromatic heterocycles. The summed E-state index contributed by atoms with van der Waals surface area (Å²) in [5.41, 5.74) is 0.873. The Kier molecular flexibility index (Phi) is 6.29. The minimum atomic E-state index is -0.779. The minimum Gasteiger partial charge on any atom is -0.456 e. The number of rotatable bonds is 8. The number of nitrogens with zero attached hydrogens (tertiary/aromatic N) is 1. The van der Waals surface area contributed by atoms with E-state index in [-0.39, 0.29) is 43.4 Å². The number of aryl methyl sites for hydroxylation is 1. The van der Waals surface area contributed by atoms with Gasteiger partial charge in [-0.25, -0.2) is 13.8 Å². The van der Waals surface area contributed by atoms with Crippen molar-refractivity contribution in [2.45, 2.75) is 19.4 Å². The third-order valence-corrected chi connectivity index (χ3v) is 4.58. The largest absolute Gasteiger partial charge is 0.456 e. The standard InChI is InChI=1S/C22H18F2N2O6/c23-14-2-3-15(16(24)8-14)19-10-26-21(32-19)5-6-22(28)29-11-20(27)25-9-13-1-4-17-18(7-13)31-12-30-17/h1-4,7-8,10H,5-6,9,11-12H2,(H,25,27). The highest BCUT2D eigenvalue weighted by Gasteiger charge is 2.15. The average Bonchev–Trinajstić information content (AvgIpc) is 3.44. The smallest absolute Gasteiger partial charge is 0.306 e. The molecule has 0 spiro atoms. The molecule has 10 heteroatoms. The molecule has 1 aliphatic rings. The van der Waals surface area contributed by atoms with Crippen molar-refractivity contribution in [2.24, 2.45) is 0 Å². The second-order valence-electron chi connectivity index (χ2n) is 6.87. The van der Waals surface area contributed by atoms with Crippen molar-refractivity contribution >= 4 is 11.9 Å². The summed E-state index contributed by atoms with van der Waals surface area (Å²) in [6, 6.07) is 8.40. The predicted octanol–water partition coefficient (Wildman–Crippen LogP) is 3.14. The van der Waals surface area contributed by atoms with Gasteiger partial charge in [0.2, 0.25) is 6.79 Å². The lowest BCUT2D eigenvalue weighted by molar-refractivity contribution is -0.148. The van der Waals surface area contributed by atoms with Gasteiger partial charge in [0, 0.05) is 19.0 Å². The molecule has 1 amide bonds. The zero-order chi connectivity index (χ0) is 22.5. The van der Waals surface area contributed by atoms with Crippen LogP contribution in [-0.2, 0) is 27.3 Å². The van der Waals surface area contributed by atoms with Gasteiger partial charge in [-0.2, -0.15) is 0 Å². The fraction of sp³-hybridized carbons (Fsp3) is 0.227. The Bertz CT molecular complexity index is 1150. The molecule has 0 saturated heterocycles. The van der Waals surface area contributed by atoms with Crippen LogP contribution in [0.5, 0.6) is 11.5 Å². The lowest BCUT2D eigenvalue weighted by Gasteiger charge is -2.07. The van der Waals surface area contributed by atoms with Crippen LogP contribution in [0.15, 0.2) is 47.0 Å². The molecule has 4 rings (SSSR count). The van der Waals surface area contributed by atoms with Gasteiger partial charge in [0.25, 0.3) is 5.91 Å². The van der Waals surface area contributed by atoms with Crippen molar-refractivity contribution < 1.29 is 37.0 Å². The number of amides is 1. The number of hydrogen-bond acceptors (Lipinski definition) is 7. The van der Waals surface area contributed by atoms with Gasteiger partial charge in [-0.3, -0.25) is 9.59 Å². The SMILES string of the molecule is O=C(COC(=O)CCc1ncc(-c2ccc(F)cc2F)o1)NCc1ccc2c(c1)OCO2. The number of carbonyl (C=O) groups excluding carboxylic acids is 2. The van der Waals surface area contributed by atoms with E-state index >= 15 is 0 Å². The van der Waals surface area contributed by atoms with Gasteiger partial charge in [0.1, 0.15) is 11.6 Å². The van der Waals surface area contributed by atoms with E-state index in [1.807, 2.05) is 0 Å². The summed E-state index contributed by atoms with van der Waals surface area (Å²) in [5.74, 6) is -0.985. The molecule has 0 bridgehead atoms. The Labute approximate surface area is 181 Å². The van der Waals surface area contributed by atoms with Gasteiger partial charge in [-0.15, -0.1) is 0 Å². The molecule has 0 aliphatic carbocycles. The Morgan fingerprint density at radius 2 is 1.94 bits per heavy atom. The van der Waals surface area contributed by atoms with Crippen LogP contribution in [0.2, 0.25) is 0 Å². The number of aromatic nitrogens is 1. The summed E-state index contributed by atoms with van der Waals surface area (Å²) in [6.45, 7) is -0.0217. The number of nitrogens with one attached hydrogen (secondary N) is 1. The maximum atomic E-state index is 13.8. The highest BCUT2D eigenvalue weighted by Crippen LogP contribution is 2.32. The number of benzene rings is 2. The first-order valence-corrected chi connectivity index (χ1v) is 9.69. The summed E-state index contributed by atoms with van der Waals surface area (Å²) in [5, 5.41) is 2.64. The first-order valence-electron chi connectivity index (χ1n) is 9.69. The van der Waals surface area contributed by atoms with Gasteiger partial charge in [0.05, 0.1) is 18.2 Å². The van der Waals surface area contributed by atoms with E-state index in [9.17, 15) is 18.4 Å². The van der Waals surface area contributed by atoms with Gasteiger partial charge >= 0.3 is 5.97 Å². The third kappa shape index (κ3) is 5.20. The molecule has 1 aliphatic heterocycles. The van der Waals surface area contributed by atoms with Crippen molar-refractivity contribution in [2.75, 3.05) is 13.4 Å². The Hall–Kier alpha value is -3.95. The number of carbonyl (C=O) groups is 2. The van der Waals surface area contributed by atoms with Crippen LogP contribution in [0, 0.1) is 11.6 Å². The Balaban J connectivity index is 1.19. The van der Waals surface area contributed by atoms with Crippen LogP contribution in [0.1, 0.15) is 17.9 Å². The molecule has 166 valence electrons. The van der Waals surface area contributed by atoms with Crippen LogP contribution in [0.25, 0.3) is 11.3 Å². The number of ether oxygens (including phenoxy) is 3. The second kappa shape index (κ2) is 9.46. The van der Waals surface area contributed by atoms with Crippen LogP contribution in [0.4, 0.5) is 8.78 Å². The zero-order valence-corrected chi connectivity index (χ0v) is 16.7. The molecule has 0 radical (unpaired) electrons. The normalized spacial score (nSPS) is 11.9. The van der Waals surface area contributed by atoms with Crippen molar-refractivity contribution in [3.63, 3.8) is 0 Å². The highest BCUT2D eigenvalue weighted by molar-refractivity contribution is 5.80. The summed E-state index contributed by atoms with van der Waals surface area (Å²) < 4.78 is 47.7. The molecule has 2 aromatic carbocycles. The Morgan fingerprint density at radius 1 is 1.09 bits per heavy atom. The number of fused-ring (bicyclic) bond motifs is 1. The van der Waals surface area contributed by atoms with Crippen LogP contribution in [0.3, 0.4) is 0 Å². The molecule has 2 heterocycles. The van der Waals surface area contributed by atoms with Gasteiger partial charge in [0.15, 0.2) is 29.8 Å². The topological polar surface area (TPSA) is 99.9 Å². The summed E-state index contributed by atoms with van der Waals surface area (Å²) in [6.07, 6.45) is 1.31. The fourth-order valence-corrected chi connectivity index (χ4v) is 2.97. The molecule has 32 heavy (non-hydrogen) atoms. The highest BCUT2D eigenvalue weighted by atomic mass is 19.1. The maximum absolute atomic E-state index is 13.8. The van der Waals surface area contributed by atoms with Crippen molar-refractivity contribution in [3.8, 4) is 22.8 Å². The fourth-order valence-electron chi connectivity index (χ4n) is 2.97. The number of hydrogen-bond donors (Lipinski definition) is 1. The molecule has 8 nitrogen and oxygen atoms in total. The lowest BCUT2D eigenvalue weighted by atomic mass is 10.2. The zero-order valence-electron chi connectivity index (χ0n) is 16.7. The monoisotopic (exact) mass is 444 g/mol. The van der Waals surface area contributed by atoms with E-state index in [4.69, 9.17) is 18.6 Å². The minimum absolute atomic E-state index is 0.0619. The van der Waals surface area contributed by atoms with Crippen molar-refractivity contribution in [1.82, 2.24) is 10.3 Å². The van der Waals surface area contributed by atoms with Gasteiger partial charge in [-0.1, -0.05) is 6.07 Å². The van der Waals surface area contributed by atoms with Crippen LogP contribution >= 0.6 is 0 Å². The molecule has 3 aromatic rings. The molecule has 0 saturated carbocycles. The number of halogens is 2. The average molecular weight is 444 g/mol. The molecule has 0 fully saturated rings. The lowest BCUT2D eigenvalue weighted by Crippen LogP contribution is -2.28. The molecule has 0 atom stereocenters. The van der Waals surface area contributed by atoms with Crippen LogP contribution < -0.4 is 14.8 Å². The van der Waals surface area contributed by atoms with Crippen LogP contribution in [-0.4, -0.2) is 30.3 Å². The number of oxazole rings is 1. The molecule has 1 N–H and O–H groups in total. The quantitative estimate of drug-likeness (QED) is 0.533. The summed E-state index contributed by atoms with van der Waals surface area (Å²) >= 11 is 0. The van der Waals surface area contributed by atoms with Crippen molar-refractivity contribution in [1.29, 1.82) is 0 Å². The third-order valence-electron chi connectivity index (χ3n) is 4.58. The number of esters is 1. The van der Waals surface area contributed by atoms with E-state index in [0.717, 1.165) is 17.7 Å². The molecular weight excluding hydrogens is 426 g/mol. The van der Waals surface area contributed by atoms with E-state index in [1.165, 1.54) is 12.3 Å². The maximum Gasteiger partial charge on any atom is 0.306 e. The summed E-state index contributed by atoms with van der Waals surface area (Å²) in [7, 11) is 0. The van der Waals surface area contributed by atoms with E-state index in [1.54, 1.807) is 18.2 Å². The Morgan fingerprint density at radius 3 is 2.78 bits per heavy atom. The predicted molar refractivity (Wildman–Crippen MR) is 106 cm³/mol. The van der Waals surface area contributed by atoms with E-state index in [2.05, 4.69) is 10.3 Å². The van der Waals surface area contributed by atoms with Gasteiger partial charge in [-0.05, 0) is 29.8 Å². The van der Waals surface area contributed by atoms with E-state index < -0.39 is 30.1 Å². The van der Waals surface area contributed by atoms with Gasteiger partial charge < -0.3 is 23.9 Å². The first kappa shape index (κ1) is 21.3. The first-order chi connectivity index (χ1) is 15.5. The molecular formula is C22H18F2N2O6. The second-order valence-corrected chi connectivity index (χ2v) is 6.87.